The topological polar surface area (TPSA) is 17.1 Å². The van der Waals surface area contributed by atoms with E-state index in [1.807, 2.05) is 0 Å². The maximum absolute atomic E-state index is 10.9. The number of allylic oxidation sites excluding steroid dienone is 4. The highest BCUT2D eigenvalue weighted by atomic mass is 16.1. The second kappa shape index (κ2) is 3.49. The molecular formula is C12H16O. The van der Waals surface area contributed by atoms with Gasteiger partial charge < -0.3 is 0 Å². The van der Waals surface area contributed by atoms with Crippen molar-refractivity contribution in [1.29, 1.82) is 0 Å². The van der Waals surface area contributed by atoms with E-state index in [0.29, 0.717) is 6.42 Å². The van der Waals surface area contributed by atoms with Crippen molar-refractivity contribution in [3.05, 3.63) is 23.3 Å². The molecule has 0 atom stereocenters. The third kappa shape index (κ3) is 2.30. The van der Waals surface area contributed by atoms with Crippen LogP contribution in [0, 0.1) is 5.92 Å². The van der Waals surface area contributed by atoms with Gasteiger partial charge in [0.2, 0.25) is 0 Å². The Labute approximate surface area is 79.5 Å². The van der Waals surface area contributed by atoms with Crippen molar-refractivity contribution < 1.29 is 4.79 Å². The van der Waals surface area contributed by atoms with Crippen LogP contribution in [0.1, 0.15) is 39.0 Å². The van der Waals surface area contributed by atoms with Gasteiger partial charge in [0.1, 0.15) is 5.78 Å². The lowest BCUT2D eigenvalue weighted by atomic mass is 9.94. The minimum Gasteiger partial charge on any atom is -0.300 e. The number of Topliss-reactive ketones (excluding diaryl/α,β-unsaturated/α-hetero) is 1. The number of rotatable bonds is 3. The number of hydrogen-bond acceptors (Lipinski definition) is 1. The van der Waals surface area contributed by atoms with Crippen LogP contribution in [0.5, 0.6) is 0 Å². The molecule has 2 aliphatic rings. The summed E-state index contributed by atoms with van der Waals surface area (Å²) < 4.78 is 0. The molecule has 2 aliphatic carbocycles. The minimum absolute atomic E-state index is 0.277. The standard InChI is InChI=1S/C12H16O/c1-9(13)7-10-3-2-4-12(8-10)11-5-6-11/h3,8,11H,2,4-7H2,1H3. The van der Waals surface area contributed by atoms with E-state index < -0.39 is 0 Å². The van der Waals surface area contributed by atoms with Crippen molar-refractivity contribution >= 4 is 5.78 Å². The molecule has 13 heavy (non-hydrogen) atoms. The zero-order chi connectivity index (χ0) is 9.26. The molecule has 0 bridgehead atoms. The fourth-order valence-corrected chi connectivity index (χ4v) is 1.98. The van der Waals surface area contributed by atoms with Crippen LogP contribution in [0.15, 0.2) is 23.3 Å². The van der Waals surface area contributed by atoms with Crippen LogP contribution in [0.2, 0.25) is 0 Å². The molecule has 1 fully saturated rings. The van der Waals surface area contributed by atoms with Gasteiger partial charge in [-0.2, -0.15) is 0 Å². The molecule has 0 amide bonds. The molecule has 0 aliphatic heterocycles. The lowest BCUT2D eigenvalue weighted by Crippen LogP contribution is -1.98. The zero-order valence-corrected chi connectivity index (χ0v) is 8.18. The van der Waals surface area contributed by atoms with E-state index in [0.717, 1.165) is 12.3 Å². The predicted molar refractivity (Wildman–Crippen MR) is 53.4 cm³/mol. The van der Waals surface area contributed by atoms with Gasteiger partial charge in [-0.25, -0.2) is 0 Å². The highest BCUT2D eigenvalue weighted by Gasteiger charge is 2.26. The summed E-state index contributed by atoms with van der Waals surface area (Å²) in [7, 11) is 0. The van der Waals surface area contributed by atoms with Crippen LogP contribution >= 0.6 is 0 Å². The summed E-state index contributed by atoms with van der Waals surface area (Å²) in [5, 5.41) is 0. The molecule has 0 heterocycles. The van der Waals surface area contributed by atoms with Crippen molar-refractivity contribution in [2.24, 2.45) is 5.92 Å². The number of carbonyl (C=O) groups excluding carboxylic acids is 1. The van der Waals surface area contributed by atoms with E-state index in [4.69, 9.17) is 0 Å². The molecule has 2 rings (SSSR count). The van der Waals surface area contributed by atoms with Crippen LogP contribution in [0.3, 0.4) is 0 Å². The Hall–Kier alpha value is -0.850. The van der Waals surface area contributed by atoms with Gasteiger partial charge in [0.15, 0.2) is 0 Å². The Morgan fingerprint density at radius 2 is 2.31 bits per heavy atom. The first kappa shape index (κ1) is 8.74. The monoisotopic (exact) mass is 176 g/mol. The summed E-state index contributed by atoms with van der Waals surface area (Å²) in [5.74, 6) is 1.15. The van der Waals surface area contributed by atoms with Crippen LogP contribution in [0.4, 0.5) is 0 Å². The Morgan fingerprint density at radius 1 is 1.54 bits per heavy atom. The summed E-state index contributed by atoms with van der Waals surface area (Å²) in [6.45, 7) is 1.67. The molecule has 0 radical (unpaired) electrons. The second-order valence-electron chi connectivity index (χ2n) is 4.19. The van der Waals surface area contributed by atoms with E-state index >= 15 is 0 Å². The zero-order valence-electron chi connectivity index (χ0n) is 8.18. The normalized spacial score (nSPS) is 22.2. The number of ketones is 1. The fraction of sp³-hybridized carbons (Fsp3) is 0.583. The number of hydrogen-bond donors (Lipinski definition) is 0. The van der Waals surface area contributed by atoms with E-state index in [2.05, 4.69) is 12.2 Å². The average Bonchev–Trinajstić information content (AvgIpc) is 2.85. The SMILES string of the molecule is CC(=O)CC1=CCCC(C2CC2)=C1. The van der Waals surface area contributed by atoms with E-state index in [-0.39, 0.29) is 5.78 Å². The molecule has 0 saturated heterocycles. The van der Waals surface area contributed by atoms with Gasteiger partial charge in [0.05, 0.1) is 0 Å². The van der Waals surface area contributed by atoms with Crippen molar-refractivity contribution in [2.45, 2.75) is 39.0 Å². The van der Waals surface area contributed by atoms with Gasteiger partial charge in [-0.3, -0.25) is 4.79 Å². The summed E-state index contributed by atoms with van der Waals surface area (Å²) in [6.07, 6.45) is 10.2. The quantitative estimate of drug-likeness (QED) is 0.646. The largest absolute Gasteiger partial charge is 0.300 e. The summed E-state index contributed by atoms with van der Waals surface area (Å²) in [5.41, 5.74) is 2.85. The molecule has 1 nitrogen and oxygen atoms in total. The summed E-state index contributed by atoms with van der Waals surface area (Å²) in [6, 6.07) is 0. The molecule has 0 aromatic heterocycles. The van der Waals surface area contributed by atoms with E-state index in [9.17, 15) is 4.79 Å². The summed E-state index contributed by atoms with van der Waals surface area (Å²) >= 11 is 0. The molecule has 0 spiro atoms. The molecule has 1 saturated carbocycles. The summed E-state index contributed by atoms with van der Waals surface area (Å²) in [4.78, 5) is 10.9. The number of carbonyl (C=O) groups is 1. The first-order chi connectivity index (χ1) is 6.25. The molecule has 0 aromatic rings. The Kier molecular flexibility index (Phi) is 2.34. The second-order valence-corrected chi connectivity index (χ2v) is 4.19. The lowest BCUT2D eigenvalue weighted by Gasteiger charge is -2.12. The molecule has 0 aromatic carbocycles. The Balaban J connectivity index is 2.03. The highest BCUT2D eigenvalue weighted by molar-refractivity contribution is 5.78. The van der Waals surface area contributed by atoms with Crippen LogP contribution in [0.25, 0.3) is 0 Å². The average molecular weight is 176 g/mol. The van der Waals surface area contributed by atoms with Crippen molar-refractivity contribution in [1.82, 2.24) is 0 Å². The Bertz CT molecular complexity index is 279. The molecule has 1 heteroatoms. The molecule has 0 unspecified atom stereocenters. The van der Waals surface area contributed by atoms with Gasteiger partial charge in [0, 0.05) is 6.42 Å². The minimum atomic E-state index is 0.277. The van der Waals surface area contributed by atoms with Gasteiger partial charge in [0.25, 0.3) is 0 Å². The molecule has 0 N–H and O–H groups in total. The fourth-order valence-electron chi connectivity index (χ4n) is 1.98. The first-order valence-corrected chi connectivity index (χ1v) is 5.14. The van der Waals surface area contributed by atoms with Crippen molar-refractivity contribution in [2.75, 3.05) is 0 Å². The van der Waals surface area contributed by atoms with Crippen LogP contribution in [-0.2, 0) is 4.79 Å². The van der Waals surface area contributed by atoms with Crippen molar-refractivity contribution in [3.63, 3.8) is 0 Å². The van der Waals surface area contributed by atoms with Gasteiger partial charge in [-0.05, 0) is 44.1 Å². The lowest BCUT2D eigenvalue weighted by molar-refractivity contribution is -0.116. The van der Waals surface area contributed by atoms with Crippen LogP contribution in [-0.4, -0.2) is 5.78 Å². The smallest absolute Gasteiger partial charge is 0.134 e. The maximum Gasteiger partial charge on any atom is 0.134 e. The molecule has 70 valence electrons. The van der Waals surface area contributed by atoms with Gasteiger partial charge >= 0.3 is 0 Å². The van der Waals surface area contributed by atoms with Gasteiger partial charge in [-0.1, -0.05) is 17.7 Å². The predicted octanol–water partition coefficient (Wildman–Crippen LogP) is 3.02. The highest BCUT2D eigenvalue weighted by Crippen LogP contribution is 2.40. The van der Waals surface area contributed by atoms with E-state index in [1.165, 1.54) is 24.8 Å². The van der Waals surface area contributed by atoms with Crippen LogP contribution < -0.4 is 0 Å². The maximum atomic E-state index is 10.9. The Morgan fingerprint density at radius 3 is 2.92 bits per heavy atom. The third-order valence-electron chi connectivity index (χ3n) is 2.77. The molecular weight excluding hydrogens is 160 g/mol. The van der Waals surface area contributed by atoms with E-state index in [1.54, 1.807) is 12.5 Å². The first-order valence-electron chi connectivity index (χ1n) is 5.14. The van der Waals surface area contributed by atoms with Gasteiger partial charge in [-0.15, -0.1) is 0 Å². The van der Waals surface area contributed by atoms with Crippen molar-refractivity contribution in [3.8, 4) is 0 Å². The third-order valence-corrected chi connectivity index (χ3v) is 2.77.